The molecular formula is C21H38N4O4. The van der Waals surface area contributed by atoms with Gasteiger partial charge in [0.15, 0.2) is 5.96 Å². The lowest BCUT2D eigenvalue weighted by molar-refractivity contribution is -0.127. The molecule has 0 spiro atoms. The van der Waals surface area contributed by atoms with Crippen molar-refractivity contribution in [1.82, 2.24) is 15.1 Å². The van der Waals surface area contributed by atoms with E-state index in [2.05, 4.69) is 15.2 Å². The number of likely N-dealkylation sites (N-methyl/N-ethyl adjacent to an activating group) is 1. The number of piperidine rings is 1. The lowest BCUT2D eigenvalue weighted by atomic mass is 10.1. The van der Waals surface area contributed by atoms with Crippen LogP contribution in [-0.4, -0.2) is 101 Å². The summed E-state index contributed by atoms with van der Waals surface area (Å²) in [5, 5.41) is 3.49. The second-order valence-corrected chi connectivity index (χ2v) is 8.55. The van der Waals surface area contributed by atoms with E-state index < -0.39 is 0 Å². The van der Waals surface area contributed by atoms with Gasteiger partial charge < -0.3 is 29.3 Å². The van der Waals surface area contributed by atoms with Crippen LogP contribution in [-0.2, 0) is 19.0 Å². The highest BCUT2D eigenvalue weighted by Gasteiger charge is 2.25. The molecule has 3 rings (SSSR count). The number of ether oxygens (including phenoxy) is 3. The Morgan fingerprint density at radius 1 is 1.17 bits per heavy atom. The maximum atomic E-state index is 12.0. The van der Waals surface area contributed by atoms with Crippen LogP contribution in [0, 0.1) is 5.92 Å². The van der Waals surface area contributed by atoms with Crippen LogP contribution in [0.25, 0.3) is 0 Å². The zero-order valence-electron chi connectivity index (χ0n) is 18.1. The van der Waals surface area contributed by atoms with Gasteiger partial charge in [-0.3, -0.25) is 4.79 Å². The van der Waals surface area contributed by atoms with E-state index in [0.717, 1.165) is 71.1 Å². The molecule has 3 aliphatic rings. The van der Waals surface area contributed by atoms with E-state index >= 15 is 0 Å². The highest BCUT2D eigenvalue weighted by molar-refractivity contribution is 5.84. The fourth-order valence-electron chi connectivity index (χ4n) is 3.95. The van der Waals surface area contributed by atoms with Crippen molar-refractivity contribution in [3.8, 4) is 0 Å². The third-order valence-electron chi connectivity index (χ3n) is 5.97. The first-order valence-corrected chi connectivity index (χ1v) is 11.2. The van der Waals surface area contributed by atoms with Crippen molar-refractivity contribution in [3.05, 3.63) is 0 Å². The number of amides is 1. The minimum atomic E-state index is 0.0131. The molecule has 3 saturated heterocycles. The number of carbonyl (C=O) groups is 1. The summed E-state index contributed by atoms with van der Waals surface area (Å²) in [6, 6.07) is 0. The minimum absolute atomic E-state index is 0.0131. The lowest BCUT2D eigenvalue weighted by Crippen LogP contribution is -2.48. The molecular weight excluding hydrogens is 372 g/mol. The molecule has 3 aliphatic heterocycles. The second-order valence-electron chi connectivity index (χ2n) is 8.55. The number of hydrogen-bond donors (Lipinski definition) is 1. The van der Waals surface area contributed by atoms with E-state index in [0.29, 0.717) is 12.5 Å². The number of hydrogen-bond acceptors (Lipinski definition) is 5. The van der Waals surface area contributed by atoms with E-state index in [-0.39, 0.29) is 24.7 Å². The molecule has 0 aromatic carbocycles. The van der Waals surface area contributed by atoms with Gasteiger partial charge >= 0.3 is 0 Å². The Morgan fingerprint density at radius 2 is 2.00 bits per heavy atom. The van der Waals surface area contributed by atoms with Crippen molar-refractivity contribution in [3.63, 3.8) is 0 Å². The minimum Gasteiger partial charge on any atom is -0.381 e. The SMILES string of the molecule is CN(C)C(=O)CN=C(NCC1CCOC1)N1CCC(OCC2CCCCO2)CC1. The van der Waals surface area contributed by atoms with Crippen LogP contribution in [0.2, 0.25) is 0 Å². The van der Waals surface area contributed by atoms with Crippen molar-refractivity contribution >= 4 is 11.9 Å². The fourth-order valence-corrected chi connectivity index (χ4v) is 3.95. The third-order valence-corrected chi connectivity index (χ3v) is 5.97. The summed E-state index contributed by atoms with van der Waals surface area (Å²) in [4.78, 5) is 20.5. The van der Waals surface area contributed by atoms with Gasteiger partial charge in [0.2, 0.25) is 5.91 Å². The Kier molecular flexibility index (Phi) is 9.01. The van der Waals surface area contributed by atoms with Gasteiger partial charge in [-0.2, -0.15) is 0 Å². The summed E-state index contributed by atoms with van der Waals surface area (Å²) < 4.78 is 17.4. The van der Waals surface area contributed by atoms with E-state index in [4.69, 9.17) is 14.2 Å². The number of nitrogens with one attached hydrogen (secondary N) is 1. The smallest absolute Gasteiger partial charge is 0.243 e. The number of aliphatic imine (C=N–C) groups is 1. The number of rotatable bonds is 7. The molecule has 3 heterocycles. The molecule has 0 aliphatic carbocycles. The summed E-state index contributed by atoms with van der Waals surface area (Å²) in [5.74, 6) is 1.36. The van der Waals surface area contributed by atoms with E-state index in [1.54, 1.807) is 19.0 Å². The molecule has 2 unspecified atom stereocenters. The number of carbonyl (C=O) groups excluding carboxylic acids is 1. The largest absolute Gasteiger partial charge is 0.381 e. The standard InChI is InChI=1S/C21H38N4O4/c1-24(2)20(26)14-23-21(22-13-17-8-12-27-15-17)25-9-6-18(7-10-25)29-16-19-5-3-4-11-28-19/h17-19H,3-16H2,1-2H3,(H,22,23). The first-order chi connectivity index (χ1) is 14.1. The molecule has 1 amide bonds. The van der Waals surface area contributed by atoms with Gasteiger partial charge in [0.1, 0.15) is 6.54 Å². The molecule has 0 radical (unpaired) electrons. The Bertz CT molecular complexity index is 523. The molecule has 1 N–H and O–H groups in total. The topological polar surface area (TPSA) is 75.6 Å². The summed E-state index contributed by atoms with van der Waals surface area (Å²) >= 11 is 0. The highest BCUT2D eigenvalue weighted by Crippen LogP contribution is 2.18. The van der Waals surface area contributed by atoms with Crippen molar-refractivity contribution in [2.45, 2.75) is 50.7 Å². The predicted octanol–water partition coefficient (Wildman–Crippen LogP) is 1.11. The van der Waals surface area contributed by atoms with Crippen LogP contribution in [0.3, 0.4) is 0 Å². The first kappa shape index (κ1) is 22.3. The monoisotopic (exact) mass is 410 g/mol. The Hall–Kier alpha value is -1.38. The molecule has 2 atom stereocenters. The predicted molar refractivity (Wildman–Crippen MR) is 112 cm³/mol. The number of nitrogens with zero attached hydrogens (tertiary/aromatic N) is 3. The van der Waals surface area contributed by atoms with Gasteiger partial charge in [-0.25, -0.2) is 4.99 Å². The van der Waals surface area contributed by atoms with Crippen LogP contribution in [0.15, 0.2) is 4.99 Å². The fraction of sp³-hybridized carbons (Fsp3) is 0.905. The van der Waals surface area contributed by atoms with Crippen LogP contribution in [0.4, 0.5) is 0 Å². The van der Waals surface area contributed by atoms with Gasteiger partial charge in [-0.15, -0.1) is 0 Å². The average Bonchev–Trinajstić information content (AvgIpc) is 3.27. The summed E-state index contributed by atoms with van der Waals surface area (Å²) in [6.07, 6.45) is 7.11. The highest BCUT2D eigenvalue weighted by atomic mass is 16.5. The molecule has 3 fully saturated rings. The summed E-state index contributed by atoms with van der Waals surface area (Å²) in [7, 11) is 3.53. The van der Waals surface area contributed by atoms with Crippen molar-refractivity contribution in [2.24, 2.45) is 10.9 Å². The van der Waals surface area contributed by atoms with Gasteiger partial charge in [0.05, 0.1) is 25.4 Å². The van der Waals surface area contributed by atoms with Crippen molar-refractivity contribution in [2.75, 3.05) is 66.7 Å². The molecule has 0 aromatic rings. The van der Waals surface area contributed by atoms with E-state index in [1.807, 2.05) is 0 Å². The average molecular weight is 411 g/mol. The van der Waals surface area contributed by atoms with Crippen molar-refractivity contribution in [1.29, 1.82) is 0 Å². The quantitative estimate of drug-likeness (QED) is 0.501. The van der Waals surface area contributed by atoms with Crippen LogP contribution >= 0.6 is 0 Å². The van der Waals surface area contributed by atoms with Crippen molar-refractivity contribution < 1.29 is 19.0 Å². The molecule has 8 nitrogen and oxygen atoms in total. The van der Waals surface area contributed by atoms with Gasteiger partial charge in [-0.05, 0) is 38.5 Å². The van der Waals surface area contributed by atoms with Crippen LogP contribution in [0.1, 0.15) is 38.5 Å². The zero-order chi connectivity index (χ0) is 20.5. The third kappa shape index (κ3) is 7.42. The van der Waals surface area contributed by atoms with Crippen LogP contribution in [0.5, 0.6) is 0 Å². The van der Waals surface area contributed by atoms with E-state index in [9.17, 15) is 4.79 Å². The number of likely N-dealkylation sites (tertiary alicyclic amines) is 1. The molecule has 29 heavy (non-hydrogen) atoms. The zero-order valence-corrected chi connectivity index (χ0v) is 18.1. The Morgan fingerprint density at radius 3 is 2.66 bits per heavy atom. The van der Waals surface area contributed by atoms with Gasteiger partial charge in [0, 0.05) is 52.9 Å². The Labute approximate surface area is 174 Å². The van der Waals surface area contributed by atoms with E-state index in [1.165, 1.54) is 12.8 Å². The van der Waals surface area contributed by atoms with Crippen LogP contribution < -0.4 is 5.32 Å². The summed E-state index contributed by atoms with van der Waals surface area (Å²) in [5.41, 5.74) is 0. The lowest BCUT2D eigenvalue weighted by Gasteiger charge is -2.35. The molecule has 0 saturated carbocycles. The number of guanidine groups is 1. The first-order valence-electron chi connectivity index (χ1n) is 11.2. The molecule has 0 aromatic heterocycles. The normalized spacial score (nSPS) is 26.6. The second kappa shape index (κ2) is 11.7. The Balaban J connectivity index is 1.46. The molecule has 166 valence electrons. The maximum absolute atomic E-state index is 12.0. The van der Waals surface area contributed by atoms with Gasteiger partial charge in [0.25, 0.3) is 0 Å². The molecule has 8 heteroatoms. The van der Waals surface area contributed by atoms with Gasteiger partial charge in [-0.1, -0.05) is 0 Å². The molecule has 0 bridgehead atoms. The maximum Gasteiger partial charge on any atom is 0.243 e. The summed E-state index contributed by atoms with van der Waals surface area (Å²) in [6.45, 7) is 6.01.